The van der Waals surface area contributed by atoms with Crippen molar-refractivity contribution in [2.75, 3.05) is 20.8 Å². The summed E-state index contributed by atoms with van der Waals surface area (Å²) in [7, 11) is 3.03. The number of nitrogens with zero attached hydrogens (tertiary/aromatic N) is 2. The molecule has 0 heterocycles. The standard InChI is InChI=1S/C18H17N3O4/c1-23-16-8-5-14(11-17(16)24-2)18(22)21-20-12-13-3-6-15(7-4-13)25-10-9-19/h3-8,11-12H,10H2,1-2H3,(H,21,22)/b20-12-. The van der Waals surface area contributed by atoms with E-state index in [0.717, 1.165) is 5.56 Å². The number of ether oxygens (including phenoxy) is 3. The second-order valence-electron chi connectivity index (χ2n) is 4.78. The Morgan fingerprint density at radius 1 is 1.16 bits per heavy atom. The highest BCUT2D eigenvalue weighted by Crippen LogP contribution is 2.27. The second-order valence-corrected chi connectivity index (χ2v) is 4.78. The average molecular weight is 339 g/mol. The van der Waals surface area contributed by atoms with E-state index in [4.69, 9.17) is 19.5 Å². The topological polar surface area (TPSA) is 92.9 Å². The normalized spacial score (nSPS) is 10.1. The molecule has 0 radical (unpaired) electrons. The van der Waals surface area contributed by atoms with Gasteiger partial charge in [-0.2, -0.15) is 10.4 Å². The molecule has 0 fully saturated rings. The van der Waals surface area contributed by atoms with E-state index in [2.05, 4.69) is 10.5 Å². The largest absolute Gasteiger partial charge is 0.493 e. The maximum Gasteiger partial charge on any atom is 0.271 e. The Hall–Kier alpha value is -3.53. The van der Waals surface area contributed by atoms with Crippen molar-refractivity contribution in [2.45, 2.75) is 0 Å². The predicted octanol–water partition coefficient (Wildman–Crippen LogP) is 2.37. The molecule has 0 saturated carbocycles. The van der Waals surface area contributed by atoms with E-state index in [1.807, 2.05) is 6.07 Å². The van der Waals surface area contributed by atoms with Crippen LogP contribution in [0, 0.1) is 11.3 Å². The first-order valence-electron chi connectivity index (χ1n) is 7.33. The minimum atomic E-state index is -0.369. The Morgan fingerprint density at radius 3 is 2.52 bits per heavy atom. The highest BCUT2D eigenvalue weighted by Gasteiger charge is 2.09. The zero-order chi connectivity index (χ0) is 18.1. The van der Waals surface area contributed by atoms with E-state index in [-0.39, 0.29) is 12.5 Å². The van der Waals surface area contributed by atoms with Crippen LogP contribution in [-0.2, 0) is 0 Å². The van der Waals surface area contributed by atoms with Gasteiger partial charge < -0.3 is 14.2 Å². The molecule has 0 spiro atoms. The highest BCUT2D eigenvalue weighted by molar-refractivity contribution is 5.95. The monoisotopic (exact) mass is 339 g/mol. The lowest BCUT2D eigenvalue weighted by Gasteiger charge is -2.08. The van der Waals surface area contributed by atoms with E-state index in [0.29, 0.717) is 22.8 Å². The van der Waals surface area contributed by atoms with Gasteiger partial charge in [0.15, 0.2) is 18.1 Å². The van der Waals surface area contributed by atoms with Crippen LogP contribution in [-0.4, -0.2) is 32.9 Å². The zero-order valence-corrected chi connectivity index (χ0v) is 13.9. The zero-order valence-electron chi connectivity index (χ0n) is 13.9. The number of nitrogens with one attached hydrogen (secondary N) is 1. The van der Waals surface area contributed by atoms with E-state index in [1.165, 1.54) is 20.4 Å². The first kappa shape index (κ1) is 17.8. The maximum absolute atomic E-state index is 12.1. The number of rotatable bonds is 7. The summed E-state index contributed by atoms with van der Waals surface area (Å²) in [6.07, 6.45) is 1.51. The molecule has 2 aromatic carbocycles. The van der Waals surface area contributed by atoms with Gasteiger partial charge in [0.2, 0.25) is 0 Å². The van der Waals surface area contributed by atoms with Crippen LogP contribution < -0.4 is 19.6 Å². The molecule has 7 nitrogen and oxygen atoms in total. The van der Waals surface area contributed by atoms with Crippen LogP contribution >= 0.6 is 0 Å². The van der Waals surface area contributed by atoms with Gasteiger partial charge in [-0.05, 0) is 48.0 Å². The quantitative estimate of drug-likeness (QED) is 0.617. The van der Waals surface area contributed by atoms with Gasteiger partial charge in [-0.25, -0.2) is 5.43 Å². The van der Waals surface area contributed by atoms with Crippen LogP contribution in [0.2, 0.25) is 0 Å². The summed E-state index contributed by atoms with van der Waals surface area (Å²) in [6, 6.07) is 13.7. The molecular weight excluding hydrogens is 322 g/mol. The van der Waals surface area contributed by atoms with Crippen LogP contribution in [0.4, 0.5) is 0 Å². The molecule has 0 bridgehead atoms. The Kier molecular flexibility index (Phi) is 6.37. The summed E-state index contributed by atoms with van der Waals surface area (Å²) in [6.45, 7) is -0.00514. The Labute approximate surface area is 145 Å². The van der Waals surface area contributed by atoms with Gasteiger partial charge in [-0.3, -0.25) is 4.79 Å². The Morgan fingerprint density at radius 2 is 1.88 bits per heavy atom. The number of carbonyl (C=O) groups is 1. The maximum atomic E-state index is 12.1. The Bertz CT molecular complexity index is 795. The van der Waals surface area contributed by atoms with Gasteiger partial charge in [0, 0.05) is 5.56 Å². The molecule has 25 heavy (non-hydrogen) atoms. The van der Waals surface area contributed by atoms with Crippen LogP contribution in [0.3, 0.4) is 0 Å². The molecule has 0 aliphatic carbocycles. The summed E-state index contributed by atoms with van der Waals surface area (Å²) in [5.74, 6) is 1.23. The van der Waals surface area contributed by atoms with E-state index < -0.39 is 0 Å². The number of benzene rings is 2. The van der Waals surface area contributed by atoms with Crippen molar-refractivity contribution < 1.29 is 19.0 Å². The molecule has 2 aromatic rings. The molecule has 0 aromatic heterocycles. The number of hydrogen-bond donors (Lipinski definition) is 1. The third-order valence-corrected chi connectivity index (χ3v) is 3.21. The lowest BCUT2D eigenvalue weighted by atomic mass is 10.2. The Balaban J connectivity index is 1.97. The molecule has 0 unspecified atom stereocenters. The van der Waals surface area contributed by atoms with Gasteiger partial charge in [0.05, 0.1) is 20.4 Å². The SMILES string of the molecule is COc1ccc(C(=O)N/N=C\c2ccc(OCC#N)cc2)cc1OC. The fourth-order valence-corrected chi connectivity index (χ4v) is 1.97. The van der Waals surface area contributed by atoms with Crippen LogP contribution in [0.25, 0.3) is 0 Å². The fourth-order valence-electron chi connectivity index (χ4n) is 1.97. The van der Waals surface area contributed by atoms with E-state index in [1.54, 1.807) is 42.5 Å². The number of amides is 1. The van der Waals surface area contributed by atoms with E-state index in [9.17, 15) is 4.79 Å². The van der Waals surface area contributed by atoms with Crippen LogP contribution in [0.1, 0.15) is 15.9 Å². The summed E-state index contributed by atoms with van der Waals surface area (Å²) in [4.78, 5) is 12.1. The van der Waals surface area contributed by atoms with Crippen molar-refractivity contribution >= 4 is 12.1 Å². The van der Waals surface area contributed by atoms with Gasteiger partial charge in [-0.1, -0.05) is 0 Å². The molecule has 1 amide bonds. The van der Waals surface area contributed by atoms with Crippen LogP contribution in [0.5, 0.6) is 17.2 Å². The molecule has 0 aliphatic heterocycles. The van der Waals surface area contributed by atoms with Gasteiger partial charge >= 0.3 is 0 Å². The number of hydrazone groups is 1. The number of hydrogen-bond acceptors (Lipinski definition) is 6. The first-order chi connectivity index (χ1) is 12.2. The molecule has 0 saturated heterocycles. The molecule has 128 valence electrons. The van der Waals surface area contributed by atoms with Gasteiger partial charge in [0.25, 0.3) is 5.91 Å². The summed E-state index contributed by atoms with van der Waals surface area (Å²) in [5, 5.41) is 12.4. The molecule has 2 rings (SSSR count). The smallest absolute Gasteiger partial charge is 0.271 e. The summed E-state index contributed by atoms with van der Waals surface area (Å²) < 4.78 is 15.4. The lowest BCUT2D eigenvalue weighted by molar-refractivity contribution is 0.0954. The average Bonchev–Trinajstić information content (AvgIpc) is 2.66. The fraction of sp³-hybridized carbons (Fsp3) is 0.167. The van der Waals surface area contributed by atoms with Gasteiger partial charge in [-0.15, -0.1) is 0 Å². The second kappa shape index (κ2) is 8.93. The van der Waals surface area contributed by atoms with Gasteiger partial charge in [0.1, 0.15) is 11.8 Å². The molecule has 0 atom stereocenters. The molecular formula is C18H17N3O4. The minimum Gasteiger partial charge on any atom is -0.493 e. The third-order valence-electron chi connectivity index (χ3n) is 3.21. The molecule has 7 heteroatoms. The van der Waals surface area contributed by atoms with Crippen molar-refractivity contribution in [1.29, 1.82) is 5.26 Å². The number of methoxy groups -OCH3 is 2. The van der Waals surface area contributed by atoms with Crippen molar-refractivity contribution in [3.8, 4) is 23.3 Å². The van der Waals surface area contributed by atoms with Crippen molar-refractivity contribution in [2.24, 2.45) is 5.10 Å². The predicted molar refractivity (Wildman–Crippen MR) is 92.2 cm³/mol. The number of nitriles is 1. The van der Waals surface area contributed by atoms with Crippen molar-refractivity contribution in [3.05, 3.63) is 53.6 Å². The van der Waals surface area contributed by atoms with Crippen LogP contribution in [0.15, 0.2) is 47.6 Å². The van der Waals surface area contributed by atoms with E-state index >= 15 is 0 Å². The van der Waals surface area contributed by atoms with Crippen molar-refractivity contribution in [3.63, 3.8) is 0 Å². The third kappa shape index (κ3) is 4.97. The molecule has 0 aliphatic rings. The summed E-state index contributed by atoms with van der Waals surface area (Å²) in [5.41, 5.74) is 3.62. The minimum absolute atomic E-state index is 0.00514. The number of carbonyl (C=O) groups excluding carboxylic acids is 1. The summed E-state index contributed by atoms with van der Waals surface area (Å²) >= 11 is 0. The molecule has 1 N–H and O–H groups in total. The van der Waals surface area contributed by atoms with Crippen molar-refractivity contribution in [1.82, 2.24) is 5.43 Å². The highest BCUT2D eigenvalue weighted by atomic mass is 16.5. The lowest BCUT2D eigenvalue weighted by Crippen LogP contribution is -2.17. The first-order valence-corrected chi connectivity index (χ1v) is 7.33.